The van der Waals surface area contributed by atoms with Gasteiger partial charge in [-0.2, -0.15) is 0 Å². The molecule has 3 aromatic rings. The minimum Gasteiger partial charge on any atom is -0.405 e. The van der Waals surface area contributed by atoms with Crippen molar-refractivity contribution < 1.29 is 28.2 Å². The zero-order valence-corrected chi connectivity index (χ0v) is 24.6. The Balaban J connectivity index is 1.13. The van der Waals surface area contributed by atoms with Gasteiger partial charge in [-0.05, 0) is 27.5 Å². The first-order valence-corrected chi connectivity index (χ1v) is 15.7. The number of hydrogen-bond donors (Lipinski definition) is 0. The summed E-state index contributed by atoms with van der Waals surface area (Å²) < 4.78 is 23.8. The standard InChI is InChI=1S/C32H39NO6Si/c1-32(2,3)40(26-12-6-4-7-13-26,27-14-8-5-9-15-27)39-25-24-38-23-22-37-21-20-36-19-18-33-30(34)28-16-10-11-17-29(28)31(33)35/h4-17H,18-25H2,1-3H3. The van der Waals surface area contributed by atoms with Crippen molar-refractivity contribution in [3.63, 3.8) is 0 Å². The minimum atomic E-state index is -2.55. The number of amides is 2. The molecule has 0 unspecified atom stereocenters. The van der Waals surface area contributed by atoms with Crippen LogP contribution in [0.25, 0.3) is 0 Å². The van der Waals surface area contributed by atoms with Gasteiger partial charge in [0.1, 0.15) is 0 Å². The molecule has 0 spiro atoms. The Hall–Kier alpha value is -3.14. The number of carbonyl (C=O) groups is 2. The molecule has 3 aromatic carbocycles. The average molecular weight is 562 g/mol. The van der Waals surface area contributed by atoms with E-state index in [2.05, 4.69) is 69.3 Å². The fourth-order valence-electron chi connectivity index (χ4n) is 5.16. The number of hydrogen-bond acceptors (Lipinski definition) is 6. The smallest absolute Gasteiger partial charge is 0.261 e. The first kappa shape index (κ1) is 29.8. The van der Waals surface area contributed by atoms with Crippen LogP contribution >= 0.6 is 0 Å². The molecule has 0 radical (unpaired) electrons. The van der Waals surface area contributed by atoms with Crippen LogP contribution in [0, 0.1) is 0 Å². The van der Waals surface area contributed by atoms with Gasteiger partial charge in [0.05, 0.1) is 63.9 Å². The van der Waals surface area contributed by atoms with Crippen molar-refractivity contribution in [3.05, 3.63) is 96.1 Å². The van der Waals surface area contributed by atoms with Gasteiger partial charge in [-0.15, -0.1) is 0 Å². The van der Waals surface area contributed by atoms with Gasteiger partial charge in [0.25, 0.3) is 20.1 Å². The Labute approximate surface area is 238 Å². The maximum absolute atomic E-state index is 12.4. The fraction of sp³-hybridized carbons (Fsp3) is 0.375. The average Bonchev–Trinajstić information content (AvgIpc) is 3.21. The van der Waals surface area contributed by atoms with E-state index in [9.17, 15) is 9.59 Å². The highest BCUT2D eigenvalue weighted by Crippen LogP contribution is 2.36. The summed E-state index contributed by atoms with van der Waals surface area (Å²) >= 11 is 0. The molecule has 1 heterocycles. The fourth-order valence-corrected chi connectivity index (χ4v) is 9.70. The van der Waals surface area contributed by atoms with Crippen LogP contribution in [0.4, 0.5) is 0 Å². The summed E-state index contributed by atoms with van der Waals surface area (Å²) in [6, 6.07) is 28.0. The molecule has 0 saturated carbocycles. The second-order valence-electron chi connectivity index (χ2n) is 10.7. The highest BCUT2D eigenvalue weighted by molar-refractivity contribution is 6.99. The van der Waals surface area contributed by atoms with E-state index in [1.165, 1.54) is 15.3 Å². The largest absolute Gasteiger partial charge is 0.405 e. The van der Waals surface area contributed by atoms with E-state index in [4.69, 9.17) is 18.6 Å². The van der Waals surface area contributed by atoms with Gasteiger partial charge in [-0.3, -0.25) is 14.5 Å². The molecule has 40 heavy (non-hydrogen) atoms. The molecule has 0 aliphatic carbocycles. The molecule has 0 N–H and O–H groups in total. The number of ether oxygens (including phenoxy) is 3. The molecule has 0 fully saturated rings. The molecule has 0 aromatic heterocycles. The third-order valence-electron chi connectivity index (χ3n) is 7.04. The van der Waals surface area contributed by atoms with Crippen molar-refractivity contribution in [3.8, 4) is 0 Å². The number of nitrogens with zero attached hydrogens (tertiary/aromatic N) is 1. The lowest BCUT2D eigenvalue weighted by atomic mass is 10.1. The molecular weight excluding hydrogens is 522 g/mol. The third-order valence-corrected chi connectivity index (χ3v) is 12.1. The van der Waals surface area contributed by atoms with Crippen LogP contribution in [0.15, 0.2) is 84.9 Å². The van der Waals surface area contributed by atoms with Gasteiger partial charge < -0.3 is 18.6 Å². The van der Waals surface area contributed by atoms with E-state index in [1.807, 2.05) is 12.1 Å². The molecular formula is C32H39NO6Si. The molecule has 0 saturated heterocycles. The Morgan fingerprint density at radius 2 is 0.975 bits per heavy atom. The SMILES string of the molecule is CC(C)(C)[Si](OCCOCCOCCOCCN1C(=O)c2ccccc2C1=O)(c1ccccc1)c1ccccc1. The van der Waals surface area contributed by atoms with Crippen molar-refractivity contribution in [1.29, 1.82) is 0 Å². The topological polar surface area (TPSA) is 74.3 Å². The Kier molecular flexibility index (Phi) is 10.4. The van der Waals surface area contributed by atoms with E-state index in [-0.39, 0.29) is 30.0 Å². The number of benzene rings is 3. The monoisotopic (exact) mass is 561 g/mol. The molecule has 212 valence electrons. The number of carbonyl (C=O) groups excluding carboxylic acids is 2. The first-order chi connectivity index (χ1) is 19.4. The van der Waals surface area contributed by atoms with Crippen LogP contribution < -0.4 is 10.4 Å². The summed E-state index contributed by atoms with van der Waals surface area (Å²) in [6.07, 6.45) is 0. The Morgan fingerprint density at radius 1 is 0.575 bits per heavy atom. The van der Waals surface area contributed by atoms with Gasteiger partial charge in [-0.1, -0.05) is 93.6 Å². The zero-order chi connectivity index (χ0) is 28.4. The number of fused-ring (bicyclic) bond motifs is 1. The molecule has 1 aliphatic rings. The lowest BCUT2D eigenvalue weighted by molar-refractivity contribution is 0.00624. The van der Waals surface area contributed by atoms with Crippen molar-refractivity contribution in [2.24, 2.45) is 0 Å². The van der Waals surface area contributed by atoms with Crippen LogP contribution in [0.2, 0.25) is 5.04 Å². The lowest BCUT2D eigenvalue weighted by Gasteiger charge is -2.43. The maximum atomic E-state index is 12.4. The predicted octanol–water partition coefficient (Wildman–Crippen LogP) is 3.91. The van der Waals surface area contributed by atoms with Gasteiger partial charge >= 0.3 is 0 Å². The molecule has 1 aliphatic heterocycles. The van der Waals surface area contributed by atoms with Crippen molar-refractivity contribution in [2.75, 3.05) is 52.8 Å². The van der Waals surface area contributed by atoms with Crippen molar-refractivity contribution >= 4 is 30.5 Å². The first-order valence-electron chi connectivity index (χ1n) is 13.8. The van der Waals surface area contributed by atoms with Crippen LogP contribution in [0.1, 0.15) is 41.5 Å². The van der Waals surface area contributed by atoms with Gasteiger partial charge in [0.2, 0.25) is 0 Å². The highest BCUT2D eigenvalue weighted by atomic mass is 28.4. The highest BCUT2D eigenvalue weighted by Gasteiger charge is 2.50. The summed E-state index contributed by atoms with van der Waals surface area (Å²) in [5.41, 5.74) is 0.903. The van der Waals surface area contributed by atoms with Gasteiger partial charge in [0.15, 0.2) is 0 Å². The Morgan fingerprint density at radius 3 is 1.43 bits per heavy atom. The van der Waals surface area contributed by atoms with E-state index in [1.54, 1.807) is 24.3 Å². The summed E-state index contributed by atoms with van der Waals surface area (Å²) in [6.45, 7) is 9.93. The van der Waals surface area contributed by atoms with Crippen molar-refractivity contribution in [1.82, 2.24) is 4.90 Å². The van der Waals surface area contributed by atoms with E-state index < -0.39 is 8.32 Å². The van der Waals surface area contributed by atoms with Crippen molar-refractivity contribution in [2.45, 2.75) is 25.8 Å². The van der Waals surface area contributed by atoms with Gasteiger partial charge in [0, 0.05) is 0 Å². The van der Waals surface area contributed by atoms with Crippen LogP contribution in [-0.4, -0.2) is 77.8 Å². The van der Waals surface area contributed by atoms with Crippen LogP contribution in [-0.2, 0) is 18.6 Å². The van der Waals surface area contributed by atoms with Crippen LogP contribution in [0.3, 0.4) is 0 Å². The summed E-state index contributed by atoms with van der Waals surface area (Å²) in [7, 11) is -2.55. The van der Waals surface area contributed by atoms with Gasteiger partial charge in [-0.25, -0.2) is 0 Å². The number of imide groups is 1. The van der Waals surface area contributed by atoms with E-state index in [0.717, 1.165) is 0 Å². The molecule has 8 heteroatoms. The summed E-state index contributed by atoms with van der Waals surface area (Å²) in [5.74, 6) is -0.534. The Bertz CT molecular complexity index is 1170. The maximum Gasteiger partial charge on any atom is 0.261 e. The minimum absolute atomic E-state index is 0.0713. The van der Waals surface area contributed by atoms with E-state index >= 15 is 0 Å². The summed E-state index contributed by atoms with van der Waals surface area (Å²) in [5, 5.41) is 2.43. The predicted molar refractivity (Wildman–Crippen MR) is 158 cm³/mol. The number of rotatable bonds is 15. The van der Waals surface area contributed by atoms with E-state index in [0.29, 0.717) is 50.8 Å². The molecule has 4 rings (SSSR count). The normalized spacial score (nSPS) is 13.6. The second kappa shape index (κ2) is 14.0. The van der Waals surface area contributed by atoms with Crippen LogP contribution in [0.5, 0.6) is 0 Å². The summed E-state index contributed by atoms with van der Waals surface area (Å²) in [4.78, 5) is 26.0. The molecule has 0 bridgehead atoms. The molecule has 2 amide bonds. The third kappa shape index (κ3) is 6.76. The quantitative estimate of drug-likeness (QED) is 0.159. The molecule has 0 atom stereocenters. The lowest BCUT2D eigenvalue weighted by Crippen LogP contribution is -2.66. The second-order valence-corrected chi connectivity index (χ2v) is 15.0. The zero-order valence-electron chi connectivity index (χ0n) is 23.6. The molecule has 7 nitrogen and oxygen atoms in total.